The van der Waals surface area contributed by atoms with Gasteiger partial charge in [-0.1, -0.05) is 29.8 Å². The highest BCUT2D eigenvalue weighted by atomic mass is 35.5. The Morgan fingerprint density at radius 3 is 2.53 bits per heavy atom. The van der Waals surface area contributed by atoms with Crippen LogP contribution in [0.2, 0.25) is 10.0 Å². The minimum absolute atomic E-state index is 0.0246. The molecule has 3 aromatic rings. The molecule has 1 N–H and O–H groups in total. The number of benzene rings is 2. The van der Waals surface area contributed by atoms with E-state index in [4.69, 9.17) is 32.7 Å². The van der Waals surface area contributed by atoms with Gasteiger partial charge in [-0.15, -0.1) is 0 Å². The molecule has 0 bridgehead atoms. The number of carbonyl (C=O) groups is 1. The largest absolute Gasteiger partial charge is 0.486 e. The van der Waals surface area contributed by atoms with E-state index in [0.717, 1.165) is 19.5 Å². The van der Waals surface area contributed by atoms with Gasteiger partial charge in [0.15, 0.2) is 17.3 Å². The summed E-state index contributed by atoms with van der Waals surface area (Å²) in [7, 11) is 2.06. The molecule has 200 valence electrons. The van der Waals surface area contributed by atoms with Gasteiger partial charge >= 0.3 is 0 Å². The topological polar surface area (TPSA) is 79.8 Å². The van der Waals surface area contributed by atoms with Gasteiger partial charge in [0, 0.05) is 50.5 Å². The van der Waals surface area contributed by atoms with Crippen LogP contribution in [0.4, 0.5) is 15.9 Å². The average molecular weight is 560 g/mol. The Morgan fingerprint density at radius 2 is 1.82 bits per heavy atom. The van der Waals surface area contributed by atoms with Crippen LogP contribution in [0.3, 0.4) is 0 Å². The number of amides is 1. The van der Waals surface area contributed by atoms with Crippen molar-refractivity contribution in [2.45, 2.75) is 31.5 Å². The van der Waals surface area contributed by atoms with Crippen molar-refractivity contribution in [1.82, 2.24) is 19.8 Å². The molecule has 11 heteroatoms. The van der Waals surface area contributed by atoms with Crippen LogP contribution >= 0.6 is 23.2 Å². The van der Waals surface area contributed by atoms with Gasteiger partial charge in [0.2, 0.25) is 5.91 Å². The molecule has 2 aliphatic heterocycles. The highest BCUT2D eigenvalue weighted by molar-refractivity contribution is 6.42. The van der Waals surface area contributed by atoms with E-state index in [1.807, 2.05) is 12.1 Å². The SMILES string of the molecule is C=CC(=O)N1CCC(Oc2cc3c(Nc4ccc(Cl)c(Cl)c4F)ncnc3cc2O[C@H]2CCN(C)C2)CC1. The lowest BCUT2D eigenvalue weighted by atomic mass is 10.1. The molecule has 5 rings (SSSR count). The molecular weight excluding hydrogens is 532 g/mol. The number of rotatable bonds is 7. The molecule has 0 radical (unpaired) electrons. The third-order valence-electron chi connectivity index (χ3n) is 6.85. The van der Waals surface area contributed by atoms with Crippen LogP contribution in [-0.2, 0) is 4.79 Å². The number of halogens is 3. The molecular formula is C27H28Cl2FN5O3. The van der Waals surface area contributed by atoms with Gasteiger partial charge in [0.1, 0.15) is 24.4 Å². The van der Waals surface area contributed by atoms with Crippen molar-refractivity contribution in [3.63, 3.8) is 0 Å². The maximum atomic E-state index is 14.8. The fraction of sp³-hybridized carbons (Fsp3) is 0.370. The zero-order chi connectivity index (χ0) is 26.8. The summed E-state index contributed by atoms with van der Waals surface area (Å²) in [5, 5.41) is 3.59. The molecule has 1 amide bonds. The number of ether oxygens (including phenoxy) is 2. The third kappa shape index (κ3) is 5.65. The molecule has 1 atom stereocenters. The second-order valence-corrected chi connectivity index (χ2v) is 10.3. The standard InChI is InChI=1S/C27H28Cl2FN5O3/c1-3-24(36)35-10-7-16(8-11-35)37-22-12-18-21(13-23(22)38-17-6-9-34(2)14-17)31-15-32-27(18)33-20-5-4-19(28)25(29)26(20)30/h3-5,12-13,15-17H,1,6-11,14H2,2H3,(H,31,32,33)/t17-/m0/s1. The number of nitrogens with one attached hydrogen (secondary N) is 1. The first kappa shape index (κ1) is 26.5. The number of piperidine rings is 1. The molecule has 2 fully saturated rings. The summed E-state index contributed by atoms with van der Waals surface area (Å²) >= 11 is 11.9. The quantitative estimate of drug-likeness (QED) is 0.304. The predicted octanol–water partition coefficient (Wildman–Crippen LogP) is 5.46. The van der Waals surface area contributed by atoms with E-state index >= 15 is 0 Å². The molecule has 2 aliphatic rings. The van der Waals surface area contributed by atoms with Crippen LogP contribution < -0.4 is 14.8 Å². The van der Waals surface area contributed by atoms with Gasteiger partial charge in [-0.2, -0.15) is 0 Å². The lowest BCUT2D eigenvalue weighted by molar-refractivity contribution is -0.127. The highest BCUT2D eigenvalue weighted by Gasteiger charge is 2.27. The number of hydrogen-bond donors (Lipinski definition) is 1. The number of carbonyl (C=O) groups excluding carboxylic acids is 1. The molecule has 0 saturated carbocycles. The Bertz CT molecular complexity index is 1370. The van der Waals surface area contributed by atoms with Crippen molar-refractivity contribution in [2.24, 2.45) is 0 Å². The predicted molar refractivity (Wildman–Crippen MR) is 146 cm³/mol. The van der Waals surface area contributed by atoms with E-state index in [9.17, 15) is 9.18 Å². The molecule has 0 unspecified atom stereocenters. The number of anilines is 2. The minimum Gasteiger partial charge on any atom is -0.486 e. The maximum absolute atomic E-state index is 14.8. The van der Waals surface area contributed by atoms with Gasteiger partial charge in [-0.3, -0.25) is 4.79 Å². The smallest absolute Gasteiger partial charge is 0.245 e. The molecule has 3 heterocycles. The Labute approximate surface area is 230 Å². The van der Waals surface area contributed by atoms with Crippen LogP contribution in [0.15, 0.2) is 43.2 Å². The molecule has 0 spiro atoms. The fourth-order valence-corrected chi connectivity index (χ4v) is 5.08. The van der Waals surface area contributed by atoms with E-state index in [1.165, 1.54) is 24.5 Å². The molecule has 0 aliphatic carbocycles. The van der Waals surface area contributed by atoms with E-state index in [1.54, 1.807) is 4.90 Å². The Morgan fingerprint density at radius 1 is 1.11 bits per heavy atom. The molecule has 8 nitrogen and oxygen atoms in total. The van der Waals surface area contributed by atoms with Crippen molar-refractivity contribution >= 4 is 51.5 Å². The summed E-state index contributed by atoms with van der Waals surface area (Å²) in [4.78, 5) is 24.7. The Kier molecular flexibility index (Phi) is 7.88. The van der Waals surface area contributed by atoms with Crippen molar-refractivity contribution in [3.8, 4) is 11.5 Å². The molecule has 2 aromatic carbocycles. The molecule has 1 aromatic heterocycles. The Balaban J connectivity index is 1.47. The van der Waals surface area contributed by atoms with Gasteiger partial charge in [-0.05, 0) is 37.7 Å². The van der Waals surface area contributed by atoms with Crippen molar-refractivity contribution in [2.75, 3.05) is 38.5 Å². The van der Waals surface area contributed by atoms with Gasteiger partial charge in [-0.25, -0.2) is 14.4 Å². The monoisotopic (exact) mass is 559 g/mol. The molecule has 2 saturated heterocycles. The van der Waals surface area contributed by atoms with Gasteiger partial charge < -0.3 is 24.6 Å². The average Bonchev–Trinajstić information content (AvgIpc) is 3.33. The summed E-state index contributed by atoms with van der Waals surface area (Å²) in [6.07, 6.45) is 4.91. The van der Waals surface area contributed by atoms with Gasteiger partial charge in [0.05, 0.1) is 21.2 Å². The number of nitrogens with zero attached hydrogens (tertiary/aromatic N) is 4. The van der Waals surface area contributed by atoms with Crippen molar-refractivity contribution in [1.29, 1.82) is 0 Å². The van der Waals surface area contributed by atoms with Crippen molar-refractivity contribution in [3.05, 3.63) is 59.1 Å². The third-order valence-corrected chi connectivity index (χ3v) is 7.63. The lowest BCUT2D eigenvalue weighted by Gasteiger charge is -2.32. The van der Waals surface area contributed by atoms with E-state index in [-0.39, 0.29) is 33.8 Å². The second kappa shape index (κ2) is 11.3. The van der Waals surface area contributed by atoms with Crippen LogP contribution in [0, 0.1) is 5.82 Å². The Hall–Kier alpha value is -3.14. The number of likely N-dealkylation sites (N-methyl/N-ethyl adjacent to an activating group) is 1. The summed E-state index contributed by atoms with van der Waals surface area (Å²) in [5.74, 6) is 0.774. The number of aromatic nitrogens is 2. The summed E-state index contributed by atoms with van der Waals surface area (Å²) in [6.45, 7) is 6.50. The van der Waals surface area contributed by atoms with Crippen LogP contribution in [0.5, 0.6) is 11.5 Å². The minimum atomic E-state index is -0.673. The lowest BCUT2D eigenvalue weighted by Crippen LogP contribution is -2.41. The highest BCUT2D eigenvalue weighted by Crippen LogP contribution is 2.38. The maximum Gasteiger partial charge on any atom is 0.245 e. The van der Waals surface area contributed by atoms with Crippen LogP contribution in [-0.4, -0.2) is 71.1 Å². The molecule has 38 heavy (non-hydrogen) atoms. The first-order valence-corrected chi connectivity index (χ1v) is 13.2. The number of hydrogen-bond acceptors (Lipinski definition) is 7. The van der Waals surface area contributed by atoms with E-state index in [2.05, 4.69) is 33.8 Å². The summed E-state index contributed by atoms with van der Waals surface area (Å²) < 4.78 is 27.6. The zero-order valence-electron chi connectivity index (χ0n) is 20.9. The second-order valence-electron chi connectivity index (χ2n) is 9.52. The number of fused-ring (bicyclic) bond motifs is 1. The van der Waals surface area contributed by atoms with Crippen molar-refractivity contribution < 1.29 is 18.7 Å². The van der Waals surface area contributed by atoms with E-state index < -0.39 is 5.82 Å². The fourth-order valence-electron chi connectivity index (χ4n) is 4.77. The summed E-state index contributed by atoms with van der Waals surface area (Å²) in [6, 6.07) is 6.67. The van der Waals surface area contributed by atoms with Crippen LogP contribution in [0.1, 0.15) is 19.3 Å². The zero-order valence-corrected chi connectivity index (χ0v) is 22.4. The van der Waals surface area contributed by atoms with E-state index in [0.29, 0.717) is 54.2 Å². The number of likely N-dealkylation sites (tertiary alicyclic amines) is 2. The normalized spacial score (nSPS) is 18.5. The first-order chi connectivity index (χ1) is 18.3. The van der Waals surface area contributed by atoms with Gasteiger partial charge in [0.25, 0.3) is 0 Å². The van der Waals surface area contributed by atoms with Crippen LogP contribution in [0.25, 0.3) is 10.9 Å². The first-order valence-electron chi connectivity index (χ1n) is 12.4. The summed E-state index contributed by atoms with van der Waals surface area (Å²) in [5.41, 5.74) is 0.749.